The number of esters is 4. The van der Waals surface area contributed by atoms with Crippen molar-refractivity contribution in [3.05, 3.63) is 0 Å². The van der Waals surface area contributed by atoms with Gasteiger partial charge in [0.2, 0.25) is 0 Å². The van der Waals surface area contributed by atoms with E-state index in [9.17, 15) is 19.2 Å². The number of ether oxygens (including phenoxy) is 4. The highest BCUT2D eigenvalue weighted by Gasteiger charge is 2.16. The van der Waals surface area contributed by atoms with Gasteiger partial charge >= 0.3 is 23.9 Å². The van der Waals surface area contributed by atoms with Crippen LogP contribution in [0.2, 0.25) is 0 Å². The van der Waals surface area contributed by atoms with E-state index in [1.807, 2.05) is 0 Å². The highest BCUT2D eigenvalue weighted by atomic mass is 16.6. The van der Waals surface area contributed by atoms with E-state index in [-0.39, 0.29) is 49.3 Å². The van der Waals surface area contributed by atoms with Gasteiger partial charge < -0.3 is 18.9 Å². The van der Waals surface area contributed by atoms with E-state index in [1.54, 1.807) is 0 Å². The normalized spacial score (nSPS) is 12.3. The van der Waals surface area contributed by atoms with E-state index in [2.05, 4.69) is 27.7 Å². The second kappa shape index (κ2) is 48.3. The first kappa shape index (κ1) is 59.9. The molecule has 0 aliphatic heterocycles. The molecule has 2 atom stereocenters. The van der Waals surface area contributed by atoms with Crippen LogP contribution in [0.5, 0.6) is 0 Å². The molecule has 0 amide bonds. The Hall–Kier alpha value is -2.12. The zero-order valence-corrected chi connectivity index (χ0v) is 41.5. The fourth-order valence-corrected chi connectivity index (χ4v) is 8.22. The van der Waals surface area contributed by atoms with Gasteiger partial charge in [-0.1, -0.05) is 195 Å². The van der Waals surface area contributed by atoms with Crippen molar-refractivity contribution in [1.29, 1.82) is 0 Å². The quantitative estimate of drug-likeness (QED) is 0.0338. The van der Waals surface area contributed by atoms with Gasteiger partial charge in [0.1, 0.15) is 25.4 Å². The third-order valence-corrected chi connectivity index (χ3v) is 12.2. The van der Waals surface area contributed by atoms with Crippen molar-refractivity contribution in [3.8, 4) is 0 Å². The number of rotatable bonds is 49. The number of carbonyl (C=O) groups is 4. The van der Waals surface area contributed by atoms with Crippen LogP contribution in [0.25, 0.3) is 0 Å². The predicted molar refractivity (Wildman–Crippen MR) is 258 cm³/mol. The van der Waals surface area contributed by atoms with Crippen LogP contribution in [0, 0.1) is 0 Å². The Morgan fingerprint density at radius 3 is 0.742 bits per heavy atom. The van der Waals surface area contributed by atoms with Crippen LogP contribution in [0.15, 0.2) is 0 Å². The van der Waals surface area contributed by atoms with Crippen molar-refractivity contribution < 1.29 is 38.1 Å². The van der Waals surface area contributed by atoms with E-state index >= 15 is 0 Å². The molecule has 0 fully saturated rings. The number of hydrogen-bond donors (Lipinski definition) is 0. The van der Waals surface area contributed by atoms with Gasteiger partial charge in [0.25, 0.3) is 0 Å². The standard InChI is InChI=1S/C54H102O8/c1-5-9-13-17-19-25-31-39-49(61-53(57)45-37-23-15-11-7-3)41-33-27-21-29-35-43-51(55)59-47-48-60-52(56)44-36-30-22-28-34-42-50(40-32-26-20-18-14-10-6-2)62-54(58)46-38-24-16-12-8-4/h49-50H,5-48H2,1-4H3. The molecule has 0 aromatic rings. The van der Waals surface area contributed by atoms with Gasteiger partial charge in [-0.2, -0.15) is 0 Å². The molecular formula is C54H102O8. The summed E-state index contributed by atoms with van der Waals surface area (Å²) in [4.78, 5) is 49.6. The maximum absolute atomic E-state index is 12.6. The molecule has 0 aliphatic rings. The van der Waals surface area contributed by atoms with Gasteiger partial charge in [-0.05, 0) is 77.0 Å². The van der Waals surface area contributed by atoms with Gasteiger partial charge in [-0.15, -0.1) is 0 Å². The maximum Gasteiger partial charge on any atom is 0.306 e. The molecule has 8 nitrogen and oxygen atoms in total. The van der Waals surface area contributed by atoms with Crippen LogP contribution in [0.3, 0.4) is 0 Å². The van der Waals surface area contributed by atoms with Gasteiger partial charge in [0.15, 0.2) is 0 Å². The van der Waals surface area contributed by atoms with Crippen molar-refractivity contribution in [3.63, 3.8) is 0 Å². The van der Waals surface area contributed by atoms with Crippen molar-refractivity contribution in [2.24, 2.45) is 0 Å². The minimum absolute atomic E-state index is 0.0249. The predicted octanol–water partition coefficient (Wildman–Crippen LogP) is 16.4. The van der Waals surface area contributed by atoms with Crippen molar-refractivity contribution >= 4 is 23.9 Å². The molecule has 0 aliphatic carbocycles. The molecule has 0 aromatic heterocycles. The monoisotopic (exact) mass is 879 g/mol. The lowest BCUT2D eigenvalue weighted by Crippen LogP contribution is -2.18. The second-order valence-electron chi connectivity index (χ2n) is 18.4. The Bertz CT molecular complexity index is 921. The summed E-state index contributed by atoms with van der Waals surface area (Å²) in [6.45, 7) is 9.12. The summed E-state index contributed by atoms with van der Waals surface area (Å²) in [6, 6.07) is 0. The van der Waals surface area contributed by atoms with Crippen LogP contribution < -0.4 is 0 Å². The van der Waals surface area contributed by atoms with E-state index in [1.165, 1.54) is 116 Å². The average Bonchev–Trinajstić information content (AvgIpc) is 3.26. The Balaban J connectivity index is 4.11. The van der Waals surface area contributed by atoms with Crippen molar-refractivity contribution in [1.82, 2.24) is 0 Å². The third kappa shape index (κ3) is 44.5. The maximum atomic E-state index is 12.6. The topological polar surface area (TPSA) is 105 Å². The molecule has 0 saturated carbocycles. The second-order valence-corrected chi connectivity index (χ2v) is 18.4. The van der Waals surface area contributed by atoms with Gasteiger partial charge in [0.05, 0.1) is 0 Å². The fraction of sp³-hybridized carbons (Fsp3) is 0.926. The molecule has 0 bridgehead atoms. The number of hydrogen-bond acceptors (Lipinski definition) is 8. The summed E-state index contributed by atoms with van der Waals surface area (Å²) >= 11 is 0. The lowest BCUT2D eigenvalue weighted by molar-refractivity contribution is -0.152. The van der Waals surface area contributed by atoms with Gasteiger partial charge in [0, 0.05) is 25.7 Å². The molecule has 366 valence electrons. The van der Waals surface area contributed by atoms with E-state index in [0.29, 0.717) is 25.7 Å². The lowest BCUT2D eigenvalue weighted by Gasteiger charge is -2.18. The summed E-state index contributed by atoms with van der Waals surface area (Å²) in [5.41, 5.74) is 0. The molecule has 0 saturated heterocycles. The highest BCUT2D eigenvalue weighted by Crippen LogP contribution is 2.20. The van der Waals surface area contributed by atoms with Crippen LogP contribution in [-0.4, -0.2) is 49.3 Å². The van der Waals surface area contributed by atoms with Crippen LogP contribution in [0.1, 0.15) is 297 Å². The fourth-order valence-electron chi connectivity index (χ4n) is 8.22. The summed E-state index contributed by atoms with van der Waals surface area (Å²) < 4.78 is 22.6. The van der Waals surface area contributed by atoms with Gasteiger partial charge in [-0.25, -0.2) is 0 Å². The molecule has 0 N–H and O–H groups in total. The Labute approximate surface area is 383 Å². The molecule has 2 unspecified atom stereocenters. The van der Waals surface area contributed by atoms with Gasteiger partial charge in [-0.3, -0.25) is 19.2 Å². The van der Waals surface area contributed by atoms with E-state index < -0.39 is 0 Å². The summed E-state index contributed by atoms with van der Waals surface area (Å²) in [6.07, 6.45) is 44.6. The SMILES string of the molecule is CCCCCCCCCC(CCCCCCCC(=O)OCCOC(=O)CCCCCCCC(CCCCCCCCC)OC(=O)CCCCCCC)OC(=O)CCCCCCC. The number of carbonyl (C=O) groups excluding carboxylic acids is 4. The molecule has 0 rings (SSSR count). The minimum Gasteiger partial charge on any atom is -0.462 e. The third-order valence-electron chi connectivity index (χ3n) is 12.2. The first-order valence-electron chi connectivity index (χ1n) is 27.1. The first-order valence-corrected chi connectivity index (χ1v) is 27.1. The average molecular weight is 879 g/mol. The Morgan fingerprint density at radius 2 is 0.484 bits per heavy atom. The molecule has 0 radical (unpaired) electrons. The minimum atomic E-state index is -0.237. The molecule has 8 heteroatoms. The Kier molecular flexibility index (Phi) is 46.7. The van der Waals surface area contributed by atoms with Crippen LogP contribution in [0.4, 0.5) is 0 Å². The zero-order chi connectivity index (χ0) is 45.4. The van der Waals surface area contributed by atoms with E-state index in [0.717, 1.165) is 128 Å². The highest BCUT2D eigenvalue weighted by molar-refractivity contribution is 5.70. The molecule has 0 spiro atoms. The largest absolute Gasteiger partial charge is 0.462 e. The summed E-state index contributed by atoms with van der Waals surface area (Å²) in [7, 11) is 0. The zero-order valence-electron chi connectivity index (χ0n) is 41.5. The molecule has 0 aromatic carbocycles. The summed E-state index contributed by atoms with van der Waals surface area (Å²) in [5.74, 6) is -0.523. The number of unbranched alkanes of at least 4 members (excludes halogenated alkanes) is 28. The summed E-state index contributed by atoms with van der Waals surface area (Å²) in [5, 5.41) is 0. The molecule has 0 heterocycles. The van der Waals surface area contributed by atoms with Crippen LogP contribution in [-0.2, 0) is 38.1 Å². The smallest absolute Gasteiger partial charge is 0.306 e. The Morgan fingerprint density at radius 1 is 0.274 bits per heavy atom. The van der Waals surface area contributed by atoms with E-state index in [4.69, 9.17) is 18.9 Å². The van der Waals surface area contributed by atoms with Crippen molar-refractivity contribution in [2.75, 3.05) is 13.2 Å². The molecular weight excluding hydrogens is 777 g/mol. The van der Waals surface area contributed by atoms with Crippen LogP contribution >= 0.6 is 0 Å². The molecule has 62 heavy (non-hydrogen) atoms. The van der Waals surface area contributed by atoms with Crippen molar-refractivity contribution in [2.45, 2.75) is 310 Å². The lowest BCUT2D eigenvalue weighted by atomic mass is 10.0. The first-order chi connectivity index (χ1) is 30.4.